The maximum atomic E-state index is 6.16. The summed E-state index contributed by atoms with van der Waals surface area (Å²) >= 11 is 0. The smallest absolute Gasteiger partial charge is 0.0730 e. The van der Waals surface area contributed by atoms with E-state index in [1.165, 1.54) is 11.1 Å². The summed E-state index contributed by atoms with van der Waals surface area (Å²) < 4.78 is 0. The summed E-state index contributed by atoms with van der Waals surface area (Å²) in [6, 6.07) is 10.4. The van der Waals surface area contributed by atoms with E-state index in [-0.39, 0.29) is 0 Å². The van der Waals surface area contributed by atoms with Crippen molar-refractivity contribution in [2.24, 2.45) is 0 Å². The van der Waals surface area contributed by atoms with E-state index in [0.29, 0.717) is 11.8 Å². The maximum absolute atomic E-state index is 6.16. The van der Waals surface area contributed by atoms with Gasteiger partial charge < -0.3 is 11.5 Å². The minimum absolute atomic E-state index is 0.401. The molecular formula is C19H23N3. The zero-order valence-electron chi connectivity index (χ0n) is 13.6. The molecule has 0 atom stereocenters. The molecule has 1 aromatic heterocycles. The zero-order valence-corrected chi connectivity index (χ0v) is 13.6. The molecule has 4 N–H and O–H groups in total. The van der Waals surface area contributed by atoms with E-state index in [0.717, 1.165) is 33.2 Å². The fraction of sp³-hybridized carbons (Fsp3) is 0.316. The summed E-state index contributed by atoms with van der Waals surface area (Å²) in [7, 11) is 0. The monoisotopic (exact) mass is 293 g/mol. The number of fused-ring (bicyclic) bond motifs is 2. The van der Waals surface area contributed by atoms with Crippen molar-refractivity contribution in [3.8, 4) is 0 Å². The molecule has 0 unspecified atom stereocenters. The van der Waals surface area contributed by atoms with Crippen LogP contribution in [0.3, 0.4) is 0 Å². The zero-order chi connectivity index (χ0) is 16.0. The van der Waals surface area contributed by atoms with Crippen molar-refractivity contribution in [2.45, 2.75) is 39.5 Å². The number of rotatable bonds is 2. The Morgan fingerprint density at radius 2 is 1.09 bits per heavy atom. The SMILES string of the molecule is CC(C)c1cc2cc3cc(C(C)C)c(N)cc3nc2cc1N. The van der Waals surface area contributed by atoms with Crippen molar-refractivity contribution >= 4 is 33.2 Å². The molecule has 114 valence electrons. The first kappa shape index (κ1) is 14.6. The predicted molar refractivity (Wildman–Crippen MR) is 96.3 cm³/mol. The van der Waals surface area contributed by atoms with Crippen LogP contribution in [-0.4, -0.2) is 4.98 Å². The summed E-state index contributed by atoms with van der Waals surface area (Å²) in [6.07, 6.45) is 0. The Hall–Kier alpha value is -2.29. The number of nitrogens with two attached hydrogens (primary N) is 2. The second-order valence-electron chi connectivity index (χ2n) is 6.65. The van der Waals surface area contributed by atoms with Crippen LogP contribution in [0.2, 0.25) is 0 Å². The molecule has 0 amide bonds. The van der Waals surface area contributed by atoms with Gasteiger partial charge in [0.15, 0.2) is 0 Å². The van der Waals surface area contributed by atoms with Crippen molar-refractivity contribution in [3.63, 3.8) is 0 Å². The maximum Gasteiger partial charge on any atom is 0.0730 e. The Bertz CT molecular complexity index is 795. The van der Waals surface area contributed by atoms with Crippen LogP contribution in [0, 0.1) is 0 Å². The third-order valence-corrected chi connectivity index (χ3v) is 4.26. The largest absolute Gasteiger partial charge is 0.398 e. The molecule has 0 saturated carbocycles. The van der Waals surface area contributed by atoms with E-state index in [2.05, 4.69) is 45.9 Å². The molecule has 3 nitrogen and oxygen atoms in total. The summed E-state index contributed by atoms with van der Waals surface area (Å²) in [5.41, 5.74) is 18.1. The summed E-state index contributed by atoms with van der Waals surface area (Å²) in [5, 5.41) is 2.26. The van der Waals surface area contributed by atoms with Gasteiger partial charge in [0, 0.05) is 22.1 Å². The van der Waals surface area contributed by atoms with E-state index in [9.17, 15) is 0 Å². The molecule has 0 saturated heterocycles. The lowest BCUT2D eigenvalue weighted by molar-refractivity contribution is 0.871. The van der Waals surface area contributed by atoms with Gasteiger partial charge in [-0.25, -0.2) is 4.98 Å². The van der Waals surface area contributed by atoms with Gasteiger partial charge in [0.2, 0.25) is 0 Å². The van der Waals surface area contributed by atoms with Crippen LogP contribution in [0.1, 0.15) is 50.7 Å². The van der Waals surface area contributed by atoms with E-state index in [4.69, 9.17) is 16.5 Å². The Morgan fingerprint density at radius 3 is 1.45 bits per heavy atom. The molecule has 0 bridgehead atoms. The van der Waals surface area contributed by atoms with Gasteiger partial charge >= 0.3 is 0 Å². The van der Waals surface area contributed by atoms with Crippen molar-refractivity contribution in [1.82, 2.24) is 4.98 Å². The number of anilines is 2. The number of benzene rings is 2. The average Bonchev–Trinajstić information content (AvgIpc) is 2.43. The molecule has 0 aliphatic heterocycles. The van der Waals surface area contributed by atoms with E-state index < -0.39 is 0 Å². The second-order valence-corrected chi connectivity index (χ2v) is 6.65. The van der Waals surface area contributed by atoms with Crippen LogP contribution >= 0.6 is 0 Å². The lowest BCUT2D eigenvalue weighted by atomic mass is 9.96. The second kappa shape index (κ2) is 5.16. The van der Waals surface area contributed by atoms with Gasteiger partial charge in [0.25, 0.3) is 0 Å². The first-order valence-electron chi connectivity index (χ1n) is 7.80. The Balaban J connectivity index is 2.31. The molecule has 0 fully saturated rings. The number of aromatic nitrogens is 1. The fourth-order valence-corrected chi connectivity index (χ4v) is 3.00. The van der Waals surface area contributed by atoms with Crippen LogP contribution in [0.15, 0.2) is 30.3 Å². The normalized spacial score (nSPS) is 11.9. The van der Waals surface area contributed by atoms with Gasteiger partial charge in [0.1, 0.15) is 0 Å². The predicted octanol–water partition coefficient (Wildman–Crippen LogP) is 4.80. The highest BCUT2D eigenvalue weighted by molar-refractivity contribution is 5.96. The van der Waals surface area contributed by atoms with Crippen LogP contribution < -0.4 is 11.5 Å². The lowest BCUT2D eigenvalue weighted by Gasteiger charge is -2.13. The number of hydrogen-bond donors (Lipinski definition) is 2. The quantitative estimate of drug-likeness (QED) is 0.527. The molecule has 3 heteroatoms. The molecule has 0 radical (unpaired) electrons. The molecule has 0 aliphatic rings. The minimum Gasteiger partial charge on any atom is -0.398 e. The highest BCUT2D eigenvalue weighted by Gasteiger charge is 2.11. The van der Waals surface area contributed by atoms with Crippen LogP contribution in [-0.2, 0) is 0 Å². The molecule has 2 aromatic carbocycles. The molecule has 1 heterocycles. The third kappa shape index (κ3) is 2.37. The van der Waals surface area contributed by atoms with E-state index in [1.54, 1.807) is 0 Å². The highest BCUT2D eigenvalue weighted by atomic mass is 14.7. The van der Waals surface area contributed by atoms with Gasteiger partial charge in [-0.05, 0) is 53.3 Å². The first-order chi connectivity index (χ1) is 10.4. The molecular weight excluding hydrogens is 270 g/mol. The van der Waals surface area contributed by atoms with Gasteiger partial charge in [-0.3, -0.25) is 0 Å². The molecule has 0 aliphatic carbocycles. The molecule has 3 aromatic rings. The van der Waals surface area contributed by atoms with Crippen molar-refractivity contribution in [2.75, 3.05) is 11.5 Å². The van der Waals surface area contributed by atoms with E-state index >= 15 is 0 Å². The fourth-order valence-electron chi connectivity index (χ4n) is 3.00. The molecule has 22 heavy (non-hydrogen) atoms. The number of nitrogens with zero attached hydrogens (tertiary/aromatic N) is 1. The van der Waals surface area contributed by atoms with Crippen LogP contribution in [0.4, 0.5) is 11.4 Å². The van der Waals surface area contributed by atoms with Gasteiger partial charge in [-0.2, -0.15) is 0 Å². The Morgan fingerprint density at radius 1 is 0.682 bits per heavy atom. The Labute approximate surface area is 131 Å². The first-order valence-corrected chi connectivity index (χ1v) is 7.80. The molecule has 3 rings (SSSR count). The lowest BCUT2D eigenvalue weighted by Crippen LogP contribution is -1.99. The van der Waals surface area contributed by atoms with Gasteiger partial charge in [-0.1, -0.05) is 27.7 Å². The Kier molecular flexibility index (Phi) is 3.44. The van der Waals surface area contributed by atoms with Crippen LogP contribution in [0.5, 0.6) is 0 Å². The summed E-state index contributed by atoms with van der Waals surface area (Å²) in [6.45, 7) is 8.63. The number of hydrogen-bond acceptors (Lipinski definition) is 3. The summed E-state index contributed by atoms with van der Waals surface area (Å²) in [5.74, 6) is 0.801. The van der Waals surface area contributed by atoms with E-state index in [1.807, 2.05) is 12.1 Å². The number of nitrogen functional groups attached to an aromatic ring is 2. The van der Waals surface area contributed by atoms with Crippen molar-refractivity contribution < 1.29 is 0 Å². The number of pyridine rings is 1. The topological polar surface area (TPSA) is 64.9 Å². The van der Waals surface area contributed by atoms with Crippen molar-refractivity contribution in [1.29, 1.82) is 0 Å². The highest BCUT2D eigenvalue weighted by Crippen LogP contribution is 2.31. The van der Waals surface area contributed by atoms with Gasteiger partial charge in [-0.15, -0.1) is 0 Å². The third-order valence-electron chi connectivity index (χ3n) is 4.26. The molecule has 0 spiro atoms. The van der Waals surface area contributed by atoms with Crippen molar-refractivity contribution in [3.05, 3.63) is 41.5 Å². The average molecular weight is 293 g/mol. The standard InChI is InChI=1S/C19H23N3/c1-10(2)14-6-12-5-13-7-15(11(3)4)17(21)9-19(13)22-18(12)8-16(14)20/h5-11H,20-21H2,1-4H3. The minimum atomic E-state index is 0.401. The van der Waals surface area contributed by atoms with Crippen LogP contribution in [0.25, 0.3) is 21.8 Å². The van der Waals surface area contributed by atoms with Gasteiger partial charge in [0.05, 0.1) is 11.0 Å². The summed E-state index contributed by atoms with van der Waals surface area (Å²) in [4.78, 5) is 4.74.